The number of fused-ring (bicyclic) bond motifs is 1. The van der Waals surface area contributed by atoms with Crippen LogP contribution in [-0.2, 0) is 6.54 Å². The predicted octanol–water partition coefficient (Wildman–Crippen LogP) is 2.41. The van der Waals surface area contributed by atoms with Gasteiger partial charge in [0.2, 0.25) is 0 Å². The largest absolute Gasteiger partial charge is 0.398 e. The average molecular weight is 319 g/mol. The number of aromatic nitrogens is 1. The molecular weight excluding hydrogens is 302 g/mol. The Balaban J connectivity index is 2.03. The van der Waals surface area contributed by atoms with Gasteiger partial charge in [-0.05, 0) is 29.3 Å². The van der Waals surface area contributed by atoms with E-state index < -0.39 is 0 Å². The van der Waals surface area contributed by atoms with Crippen LogP contribution in [0.1, 0.15) is 15.9 Å². The Labute approximate surface area is 140 Å². The lowest BCUT2D eigenvalue weighted by Crippen LogP contribution is -2.26. The zero-order valence-electron chi connectivity index (χ0n) is 13.3. The van der Waals surface area contributed by atoms with Crippen molar-refractivity contribution in [3.05, 3.63) is 53.7 Å². The van der Waals surface area contributed by atoms with E-state index in [0.29, 0.717) is 23.4 Å². The molecule has 0 fully saturated rings. The van der Waals surface area contributed by atoms with Crippen LogP contribution in [0.5, 0.6) is 0 Å². The molecule has 2 heterocycles. The second-order valence-electron chi connectivity index (χ2n) is 5.61. The fourth-order valence-electron chi connectivity index (χ4n) is 2.87. The van der Waals surface area contributed by atoms with Crippen LogP contribution < -0.4 is 11.1 Å². The minimum atomic E-state index is -0.166. The van der Waals surface area contributed by atoms with Crippen molar-refractivity contribution in [2.45, 2.75) is 6.54 Å². The lowest BCUT2D eigenvalue weighted by Gasteiger charge is -2.14. The van der Waals surface area contributed by atoms with Gasteiger partial charge in [0, 0.05) is 36.6 Å². The van der Waals surface area contributed by atoms with Crippen LogP contribution in [0.4, 0.5) is 11.5 Å². The number of nitriles is 1. The summed E-state index contributed by atoms with van der Waals surface area (Å²) in [6.45, 7) is 4.27. The number of carbonyl (C=O) groups excluding carboxylic acids is 1. The average Bonchev–Trinajstić information content (AvgIpc) is 2.92. The third kappa shape index (κ3) is 2.57. The highest BCUT2D eigenvalue weighted by molar-refractivity contribution is 6.05. The molecule has 120 valence electrons. The highest BCUT2D eigenvalue weighted by Gasteiger charge is 2.32. The molecular formula is C18H17N5O. The molecule has 2 aromatic rings. The second-order valence-corrected chi connectivity index (χ2v) is 5.61. The summed E-state index contributed by atoms with van der Waals surface area (Å²) in [6, 6.07) is 9.45. The maximum absolute atomic E-state index is 12.6. The van der Waals surface area contributed by atoms with Crippen LogP contribution in [0.15, 0.2) is 42.6 Å². The van der Waals surface area contributed by atoms with Crippen LogP contribution in [0.25, 0.3) is 11.1 Å². The number of nitrogens with two attached hydrogens (primary N) is 1. The molecule has 24 heavy (non-hydrogen) atoms. The van der Waals surface area contributed by atoms with Gasteiger partial charge in [-0.15, -0.1) is 0 Å². The van der Waals surface area contributed by atoms with Crippen molar-refractivity contribution in [1.29, 1.82) is 5.26 Å². The van der Waals surface area contributed by atoms with Crippen molar-refractivity contribution in [1.82, 2.24) is 9.88 Å². The third-order valence-corrected chi connectivity index (χ3v) is 4.07. The molecule has 3 N–H and O–H groups in total. The fourth-order valence-corrected chi connectivity index (χ4v) is 2.87. The van der Waals surface area contributed by atoms with Gasteiger partial charge in [0.15, 0.2) is 0 Å². The summed E-state index contributed by atoms with van der Waals surface area (Å²) in [5.41, 5.74) is 10.0. The Morgan fingerprint density at radius 2 is 2.25 bits per heavy atom. The zero-order valence-corrected chi connectivity index (χ0v) is 13.3. The number of amides is 1. The van der Waals surface area contributed by atoms with Gasteiger partial charge in [-0.3, -0.25) is 4.79 Å². The number of nitrogens with one attached hydrogen (secondary N) is 1. The molecule has 6 heteroatoms. The number of rotatable bonds is 4. The molecule has 1 aliphatic heterocycles. The molecule has 0 bridgehead atoms. The van der Waals surface area contributed by atoms with E-state index in [9.17, 15) is 4.79 Å². The van der Waals surface area contributed by atoms with E-state index in [1.54, 1.807) is 17.2 Å². The van der Waals surface area contributed by atoms with Crippen LogP contribution in [0.3, 0.4) is 0 Å². The summed E-state index contributed by atoms with van der Waals surface area (Å²) in [6.07, 6.45) is 1.76. The van der Waals surface area contributed by atoms with Gasteiger partial charge in [-0.25, -0.2) is 4.98 Å². The van der Waals surface area contributed by atoms with E-state index in [0.717, 1.165) is 22.5 Å². The first-order valence-corrected chi connectivity index (χ1v) is 7.47. The van der Waals surface area contributed by atoms with E-state index in [-0.39, 0.29) is 12.5 Å². The Hall–Kier alpha value is -3.33. The molecule has 1 aromatic heterocycles. The SMILES string of the molecule is C=C(C#N)CN1Cc2c(-c3ccc(NC)nc3)ccc(N)c2C1=O. The smallest absolute Gasteiger partial charge is 0.256 e. The van der Waals surface area contributed by atoms with Gasteiger partial charge in [-0.2, -0.15) is 5.26 Å². The summed E-state index contributed by atoms with van der Waals surface area (Å²) in [5.74, 6) is 0.606. The first-order valence-electron chi connectivity index (χ1n) is 7.47. The van der Waals surface area contributed by atoms with E-state index in [2.05, 4.69) is 16.9 Å². The summed E-state index contributed by atoms with van der Waals surface area (Å²) in [4.78, 5) is 18.5. The molecule has 0 unspecified atom stereocenters. The number of benzene rings is 1. The molecule has 0 saturated carbocycles. The van der Waals surface area contributed by atoms with Crippen molar-refractivity contribution in [3.63, 3.8) is 0 Å². The number of hydrogen-bond donors (Lipinski definition) is 2. The molecule has 0 aliphatic carbocycles. The molecule has 1 aliphatic rings. The second kappa shape index (κ2) is 6.05. The van der Waals surface area contributed by atoms with Crippen molar-refractivity contribution < 1.29 is 4.79 Å². The molecule has 6 nitrogen and oxygen atoms in total. The van der Waals surface area contributed by atoms with Gasteiger partial charge in [-0.1, -0.05) is 12.6 Å². The maximum atomic E-state index is 12.6. The number of pyridine rings is 1. The van der Waals surface area contributed by atoms with E-state index in [1.807, 2.05) is 31.3 Å². The maximum Gasteiger partial charge on any atom is 0.256 e. The molecule has 0 atom stereocenters. The predicted molar refractivity (Wildman–Crippen MR) is 93.1 cm³/mol. The van der Waals surface area contributed by atoms with Crippen LogP contribution >= 0.6 is 0 Å². The van der Waals surface area contributed by atoms with Crippen molar-refractivity contribution in [2.24, 2.45) is 0 Å². The van der Waals surface area contributed by atoms with Gasteiger partial charge >= 0.3 is 0 Å². The topological polar surface area (TPSA) is 95.0 Å². The van der Waals surface area contributed by atoms with E-state index in [1.165, 1.54) is 0 Å². The van der Waals surface area contributed by atoms with Crippen LogP contribution in [-0.4, -0.2) is 29.4 Å². The highest BCUT2D eigenvalue weighted by atomic mass is 16.2. The molecule has 1 amide bonds. The lowest BCUT2D eigenvalue weighted by molar-refractivity contribution is 0.0795. The van der Waals surface area contributed by atoms with Crippen LogP contribution in [0, 0.1) is 11.3 Å². The highest BCUT2D eigenvalue weighted by Crippen LogP contribution is 2.36. The minimum Gasteiger partial charge on any atom is -0.398 e. The lowest BCUT2D eigenvalue weighted by atomic mass is 9.97. The Morgan fingerprint density at radius 3 is 2.88 bits per heavy atom. The standard InChI is InChI=1S/C18H17N5O/c1-11(7-19)9-23-10-14-13(4-5-15(20)17(14)18(23)24)12-3-6-16(21-2)22-8-12/h3-6,8H,1,9-10,20H2,2H3,(H,21,22). The summed E-state index contributed by atoms with van der Waals surface area (Å²) < 4.78 is 0. The Bertz CT molecular complexity index is 864. The normalized spacial score (nSPS) is 12.7. The number of carbonyl (C=O) groups is 1. The van der Waals surface area contributed by atoms with Gasteiger partial charge in [0.25, 0.3) is 5.91 Å². The number of anilines is 2. The van der Waals surface area contributed by atoms with Crippen molar-refractivity contribution in [2.75, 3.05) is 24.6 Å². The van der Waals surface area contributed by atoms with Gasteiger partial charge in [0.05, 0.1) is 18.2 Å². The summed E-state index contributed by atoms with van der Waals surface area (Å²) >= 11 is 0. The van der Waals surface area contributed by atoms with Gasteiger partial charge < -0.3 is 16.0 Å². The fraction of sp³-hybridized carbons (Fsp3) is 0.167. The number of nitrogens with zero attached hydrogens (tertiary/aromatic N) is 3. The van der Waals surface area contributed by atoms with Gasteiger partial charge in [0.1, 0.15) is 5.82 Å². The van der Waals surface area contributed by atoms with E-state index >= 15 is 0 Å². The zero-order chi connectivity index (χ0) is 17.3. The number of nitrogen functional groups attached to an aromatic ring is 1. The Morgan fingerprint density at radius 1 is 1.46 bits per heavy atom. The molecule has 1 aromatic carbocycles. The first-order chi connectivity index (χ1) is 11.5. The molecule has 0 spiro atoms. The summed E-state index contributed by atoms with van der Waals surface area (Å²) in [5, 5.41) is 11.9. The Kier molecular flexibility index (Phi) is 3.92. The third-order valence-electron chi connectivity index (χ3n) is 4.07. The van der Waals surface area contributed by atoms with E-state index in [4.69, 9.17) is 11.0 Å². The minimum absolute atomic E-state index is 0.166. The van der Waals surface area contributed by atoms with Crippen LogP contribution in [0.2, 0.25) is 0 Å². The summed E-state index contributed by atoms with van der Waals surface area (Å²) in [7, 11) is 1.81. The molecule has 3 rings (SSSR count). The first kappa shape index (κ1) is 15.6. The van der Waals surface area contributed by atoms with Crippen molar-refractivity contribution >= 4 is 17.4 Å². The van der Waals surface area contributed by atoms with Crippen molar-refractivity contribution in [3.8, 4) is 17.2 Å². The molecule has 0 saturated heterocycles. The quantitative estimate of drug-likeness (QED) is 0.666. The number of hydrogen-bond acceptors (Lipinski definition) is 5. The monoisotopic (exact) mass is 319 g/mol. The molecule has 0 radical (unpaired) electrons.